The average Bonchev–Trinajstić information content (AvgIpc) is 2.72. The van der Waals surface area contributed by atoms with Crippen LogP contribution in [0.25, 0.3) is 0 Å². The van der Waals surface area contributed by atoms with Gasteiger partial charge in [-0.3, -0.25) is 4.79 Å². The molecule has 3 aliphatic carbocycles. The van der Waals surface area contributed by atoms with Crippen molar-refractivity contribution in [2.75, 3.05) is 0 Å². The van der Waals surface area contributed by atoms with Gasteiger partial charge in [-0.2, -0.15) is 0 Å². The lowest BCUT2D eigenvalue weighted by Crippen LogP contribution is -2.57. The molecule has 1 amide bonds. The highest BCUT2D eigenvalue weighted by Gasteiger charge is 2.59. The molecule has 0 bridgehead atoms. The standard InChI is InChI=1S/C27H41NO/c1-19(2)21-11-13-23-22(17-21)12-14-24-26(23,3)15-8-16-27(24,4)25(29)28-18-20-9-6-5-7-10-20/h5-7,9-10,19,21-24H,8,11-18H2,1-4H3,(H,28,29)/t21?,22?,23-,24?,26+,27+/m0/s1. The molecule has 0 spiro atoms. The molecule has 3 aliphatic rings. The Bertz CT molecular complexity index is 713. The third-order valence-corrected chi connectivity index (χ3v) is 9.43. The second kappa shape index (κ2) is 8.08. The summed E-state index contributed by atoms with van der Waals surface area (Å²) in [7, 11) is 0. The molecule has 0 saturated heterocycles. The predicted molar refractivity (Wildman–Crippen MR) is 120 cm³/mol. The quantitative estimate of drug-likeness (QED) is 0.611. The zero-order chi connectivity index (χ0) is 20.6. The van der Waals surface area contributed by atoms with Gasteiger partial charge in [-0.1, -0.05) is 64.4 Å². The number of hydrogen-bond donors (Lipinski definition) is 1. The highest BCUT2D eigenvalue weighted by atomic mass is 16.2. The number of carbonyl (C=O) groups is 1. The Labute approximate surface area is 178 Å². The second-order valence-corrected chi connectivity index (χ2v) is 11.3. The monoisotopic (exact) mass is 395 g/mol. The van der Waals surface area contributed by atoms with E-state index >= 15 is 0 Å². The van der Waals surface area contributed by atoms with Crippen molar-refractivity contribution in [1.82, 2.24) is 5.32 Å². The molecule has 0 radical (unpaired) electrons. The van der Waals surface area contributed by atoms with Gasteiger partial charge in [-0.05, 0) is 85.5 Å². The van der Waals surface area contributed by atoms with Gasteiger partial charge in [-0.25, -0.2) is 0 Å². The van der Waals surface area contributed by atoms with Crippen molar-refractivity contribution in [2.45, 2.75) is 85.6 Å². The highest BCUT2D eigenvalue weighted by Crippen LogP contribution is 2.64. The Morgan fingerprint density at radius 2 is 1.83 bits per heavy atom. The Morgan fingerprint density at radius 3 is 2.55 bits per heavy atom. The van der Waals surface area contributed by atoms with E-state index in [1.807, 2.05) is 6.07 Å². The van der Waals surface area contributed by atoms with E-state index < -0.39 is 0 Å². The SMILES string of the molecule is CC(C)C1CC[C@H]2C(CCC3[C@](C)(C(=O)NCc4ccccc4)CCC[C@@]32C)C1. The lowest BCUT2D eigenvalue weighted by molar-refractivity contribution is -0.157. The molecule has 1 aromatic rings. The number of rotatable bonds is 4. The van der Waals surface area contributed by atoms with Crippen molar-refractivity contribution in [3.8, 4) is 0 Å². The fourth-order valence-corrected chi connectivity index (χ4v) is 7.73. The number of fused-ring (bicyclic) bond motifs is 3. The minimum atomic E-state index is -0.207. The fourth-order valence-electron chi connectivity index (χ4n) is 7.73. The predicted octanol–water partition coefficient (Wildman–Crippen LogP) is 6.60. The van der Waals surface area contributed by atoms with Crippen LogP contribution in [0.1, 0.15) is 84.6 Å². The molecule has 2 heteroatoms. The van der Waals surface area contributed by atoms with Crippen LogP contribution >= 0.6 is 0 Å². The number of amides is 1. The van der Waals surface area contributed by atoms with Crippen molar-refractivity contribution >= 4 is 5.91 Å². The highest BCUT2D eigenvalue weighted by molar-refractivity contribution is 5.82. The first-order valence-corrected chi connectivity index (χ1v) is 12.2. The van der Waals surface area contributed by atoms with E-state index in [0.717, 1.165) is 30.1 Å². The lowest BCUT2D eigenvalue weighted by atomic mass is 9.43. The zero-order valence-corrected chi connectivity index (χ0v) is 19.0. The summed E-state index contributed by atoms with van der Waals surface area (Å²) in [5, 5.41) is 3.31. The van der Waals surface area contributed by atoms with Crippen LogP contribution in [-0.4, -0.2) is 5.91 Å². The maximum atomic E-state index is 13.5. The Balaban J connectivity index is 1.50. The number of benzene rings is 1. The molecule has 1 N–H and O–H groups in total. The third kappa shape index (κ3) is 3.77. The summed E-state index contributed by atoms with van der Waals surface area (Å²) in [6.07, 6.45) is 10.4. The van der Waals surface area contributed by atoms with E-state index in [4.69, 9.17) is 0 Å². The van der Waals surface area contributed by atoms with Crippen LogP contribution < -0.4 is 5.32 Å². The van der Waals surface area contributed by atoms with Crippen molar-refractivity contribution in [3.63, 3.8) is 0 Å². The summed E-state index contributed by atoms with van der Waals surface area (Å²) in [5.74, 6) is 4.30. The molecule has 4 rings (SSSR count). The second-order valence-electron chi connectivity index (χ2n) is 11.3. The molecular formula is C27H41NO. The van der Waals surface area contributed by atoms with Crippen LogP contribution in [0.2, 0.25) is 0 Å². The van der Waals surface area contributed by atoms with Gasteiger partial charge in [0.1, 0.15) is 0 Å². The molecule has 29 heavy (non-hydrogen) atoms. The van der Waals surface area contributed by atoms with Crippen molar-refractivity contribution in [1.29, 1.82) is 0 Å². The summed E-state index contributed by atoms with van der Waals surface area (Å²) >= 11 is 0. The molecule has 0 aliphatic heterocycles. The van der Waals surface area contributed by atoms with Crippen molar-refractivity contribution in [2.24, 2.45) is 40.4 Å². The number of nitrogens with one attached hydrogen (secondary N) is 1. The van der Waals surface area contributed by atoms with Gasteiger partial charge in [0.15, 0.2) is 0 Å². The van der Waals surface area contributed by atoms with Gasteiger partial charge in [0.25, 0.3) is 0 Å². The van der Waals surface area contributed by atoms with Crippen molar-refractivity contribution in [3.05, 3.63) is 35.9 Å². The van der Waals surface area contributed by atoms with Gasteiger partial charge >= 0.3 is 0 Å². The van der Waals surface area contributed by atoms with E-state index in [2.05, 4.69) is 57.3 Å². The minimum Gasteiger partial charge on any atom is -0.352 e. The number of hydrogen-bond acceptors (Lipinski definition) is 1. The van der Waals surface area contributed by atoms with Crippen LogP contribution in [0, 0.1) is 40.4 Å². The number of carbonyl (C=O) groups excluding carboxylic acids is 1. The summed E-state index contributed by atoms with van der Waals surface area (Å²) in [6.45, 7) is 10.3. The van der Waals surface area contributed by atoms with E-state index in [-0.39, 0.29) is 5.41 Å². The van der Waals surface area contributed by atoms with Crippen LogP contribution in [-0.2, 0) is 11.3 Å². The molecule has 0 heterocycles. The average molecular weight is 396 g/mol. The van der Waals surface area contributed by atoms with E-state index in [1.54, 1.807) is 0 Å². The van der Waals surface area contributed by atoms with E-state index in [9.17, 15) is 4.79 Å². The first-order chi connectivity index (χ1) is 13.8. The molecule has 3 fully saturated rings. The summed E-state index contributed by atoms with van der Waals surface area (Å²) in [4.78, 5) is 13.5. The largest absolute Gasteiger partial charge is 0.352 e. The summed E-state index contributed by atoms with van der Waals surface area (Å²) < 4.78 is 0. The Hall–Kier alpha value is -1.31. The Kier molecular flexibility index (Phi) is 5.84. The molecule has 2 nitrogen and oxygen atoms in total. The van der Waals surface area contributed by atoms with Crippen molar-refractivity contribution < 1.29 is 4.79 Å². The van der Waals surface area contributed by atoms with Crippen LogP contribution in [0.5, 0.6) is 0 Å². The van der Waals surface area contributed by atoms with Crippen LogP contribution in [0.15, 0.2) is 30.3 Å². The minimum absolute atomic E-state index is 0.207. The molecule has 3 unspecified atom stereocenters. The molecule has 1 aromatic carbocycles. The zero-order valence-electron chi connectivity index (χ0n) is 19.0. The summed E-state index contributed by atoms with van der Waals surface area (Å²) in [5.41, 5.74) is 1.34. The molecule has 0 aromatic heterocycles. The van der Waals surface area contributed by atoms with Gasteiger partial charge in [-0.15, -0.1) is 0 Å². The normalized spacial score (nSPS) is 39.5. The van der Waals surface area contributed by atoms with E-state index in [0.29, 0.717) is 23.8 Å². The third-order valence-electron chi connectivity index (χ3n) is 9.43. The van der Waals surface area contributed by atoms with E-state index in [1.165, 1.54) is 50.5 Å². The maximum Gasteiger partial charge on any atom is 0.226 e. The molecule has 3 saturated carbocycles. The lowest BCUT2D eigenvalue weighted by Gasteiger charge is -2.61. The van der Waals surface area contributed by atoms with Gasteiger partial charge in [0.05, 0.1) is 0 Å². The first kappa shape index (κ1) is 20.9. The van der Waals surface area contributed by atoms with Gasteiger partial charge in [0.2, 0.25) is 5.91 Å². The molecule has 6 atom stereocenters. The van der Waals surface area contributed by atoms with Gasteiger partial charge in [0, 0.05) is 12.0 Å². The topological polar surface area (TPSA) is 29.1 Å². The smallest absolute Gasteiger partial charge is 0.226 e. The van der Waals surface area contributed by atoms with Gasteiger partial charge < -0.3 is 5.32 Å². The van der Waals surface area contributed by atoms with Crippen LogP contribution in [0.3, 0.4) is 0 Å². The maximum absolute atomic E-state index is 13.5. The fraction of sp³-hybridized carbons (Fsp3) is 0.741. The first-order valence-electron chi connectivity index (χ1n) is 12.2. The molecular weight excluding hydrogens is 354 g/mol. The Morgan fingerprint density at radius 1 is 1.07 bits per heavy atom. The molecule has 160 valence electrons. The van der Waals surface area contributed by atoms with Crippen LogP contribution in [0.4, 0.5) is 0 Å². The summed E-state index contributed by atoms with van der Waals surface area (Å²) in [6, 6.07) is 10.3.